The Morgan fingerprint density at radius 2 is 1.39 bits per heavy atom. The fourth-order valence-corrected chi connectivity index (χ4v) is 10.6. The highest BCUT2D eigenvalue weighted by atomic mass is 14.7. The van der Waals surface area contributed by atoms with E-state index in [1.807, 2.05) is 0 Å². The number of nitrogens with two attached hydrogens (primary N) is 4. The summed E-state index contributed by atoms with van der Waals surface area (Å²) in [5, 5.41) is 0. The monoisotopic (exact) mass is 596 g/mol. The molecule has 2 fully saturated rings. The Labute approximate surface area is 267 Å². The quantitative estimate of drug-likeness (QED) is 0.208. The number of allylic oxidation sites excluding steroid dienone is 2. The number of benzene rings is 2. The lowest BCUT2D eigenvalue weighted by atomic mass is 9.63. The first-order valence-corrected chi connectivity index (χ1v) is 18.3. The van der Waals surface area contributed by atoms with Crippen LogP contribution in [0.2, 0.25) is 0 Å². The van der Waals surface area contributed by atoms with E-state index >= 15 is 0 Å². The van der Waals surface area contributed by atoms with Gasteiger partial charge in [-0.2, -0.15) is 0 Å². The molecule has 44 heavy (non-hydrogen) atoms. The second-order valence-corrected chi connectivity index (χ2v) is 15.7. The zero-order valence-electron chi connectivity index (χ0n) is 27.7. The normalized spacial score (nSPS) is 36.2. The molecule has 4 bridgehead atoms. The molecule has 4 nitrogen and oxygen atoms in total. The molecule has 0 aromatic heterocycles. The van der Waals surface area contributed by atoms with Gasteiger partial charge >= 0.3 is 0 Å². The average Bonchev–Trinajstić information content (AvgIpc) is 3.20. The van der Waals surface area contributed by atoms with Gasteiger partial charge in [0, 0.05) is 0 Å². The predicted octanol–water partition coefficient (Wildman–Crippen LogP) is 9.85. The molecule has 4 heteroatoms. The highest BCUT2D eigenvalue weighted by Gasteiger charge is 2.44. The van der Waals surface area contributed by atoms with Crippen molar-refractivity contribution in [3.63, 3.8) is 0 Å². The van der Waals surface area contributed by atoms with Crippen LogP contribution >= 0.6 is 0 Å². The van der Waals surface area contributed by atoms with Gasteiger partial charge in [-0.15, -0.1) is 0 Å². The maximum atomic E-state index is 6.47. The summed E-state index contributed by atoms with van der Waals surface area (Å²) in [5.41, 5.74) is 31.2. The molecule has 0 saturated heterocycles. The number of rotatable bonds is 4. The average molecular weight is 597 g/mol. The largest absolute Gasteiger partial charge is 0.397 e. The molecule has 0 aliphatic heterocycles. The minimum Gasteiger partial charge on any atom is -0.397 e. The lowest BCUT2D eigenvalue weighted by molar-refractivity contribution is 0.150. The van der Waals surface area contributed by atoms with E-state index in [4.69, 9.17) is 22.9 Å². The van der Waals surface area contributed by atoms with Crippen molar-refractivity contribution in [2.75, 3.05) is 22.9 Å². The summed E-state index contributed by atoms with van der Waals surface area (Å²) in [6.45, 7) is 4.93. The Morgan fingerprint density at radius 1 is 0.682 bits per heavy atom. The van der Waals surface area contributed by atoms with E-state index in [0.29, 0.717) is 35.3 Å². The lowest BCUT2D eigenvalue weighted by Gasteiger charge is -2.41. The second kappa shape index (κ2) is 13.4. The zero-order chi connectivity index (χ0) is 30.8. The number of fused-ring (bicyclic) bond motifs is 7. The van der Waals surface area contributed by atoms with Gasteiger partial charge in [-0.05, 0) is 140 Å². The molecule has 6 rings (SSSR count). The Hall–Kier alpha value is -2.62. The van der Waals surface area contributed by atoms with Crippen molar-refractivity contribution in [2.24, 2.45) is 41.4 Å². The highest BCUT2D eigenvalue weighted by molar-refractivity contribution is 5.65. The van der Waals surface area contributed by atoms with Crippen LogP contribution in [0.5, 0.6) is 0 Å². The Bertz CT molecular complexity index is 1300. The van der Waals surface area contributed by atoms with E-state index < -0.39 is 0 Å². The van der Waals surface area contributed by atoms with Crippen LogP contribution in [0.4, 0.5) is 22.7 Å². The smallest absolute Gasteiger partial charge is 0.0550 e. The minimum absolute atomic E-state index is 0.0557. The first-order chi connectivity index (χ1) is 21.3. The molecule has 240 valence electrons. The fourth-order valence-electron chi connectivity index (χ4n) is 10.6. The summed E-state index contributed by atoms with van der Waals surface area (Å²) in [6.07, 6.45) is 25.5. The molecule has 0 heterocycles. The van der Waals surface area contributed by atoms with E-state index in [-0.39, 0.29) is 5.41 Å². The van der Waals surface area contributed by atoms with Crippen LogP contribution in [0.3, 0.4) is 0 Å². The molecule has 4 aliphatic carbocycles. The Kier molecular flexibility index (Phi) is 9.55. The summed E-state index contributed by atoms with van der Waals surface area (Å²) in [4.78, 5) is 0. The minimum atomic E-state index is 0.0557. The first kappa shape index (κ1) is 31.4. The second-order valence-electron chi connectivity index (χ2n) is 15.7. The van der Waals surface area contributed by atoms with Gasteiger partial charge in [0.25, 0.3) is 0 Å². The highest BCUT2D eigenvalue weighted by Crippen LogP contribution is 2.54. The lowest BCUT2D eigenvalue weighted by Crippen LogP contribution is -2.34. The summed E-state index contributed by atoms with van der Waals surface area (Å²) < 4.78 is 0. The van der Waals surface area contributed by atoms with E-state index in [1.54, 1.807) is 0 Å². The van der Waals surface area contributed by atoms with Gasteiger partial charge < -0.3 is 22.9 Å². The van der Waals surface area contributed by atoms with Crippen molar-refractivity contribution in [1.82, 2.24) is 0 Å². The van der Waals surface area contributed by atoms with Gasteiger partial charge in [0.2, 0.25) is 0 Å². The molecule has 9 unspecified atom stereocenters. The molecule has 0 spiro atoms. The van der Waals surface area contributed by atoms with Crippen LogP contribution in [-0.4, -0.2) is 0 Å². The molecule has 2 aromatic carbocycles. The van der Waals surface area contributed by atoms with Crippen molar-refractivity contribution in [3.8, 4) is 0 Å². The Balaban J connectivity index is 1.43. The Morgan fingerprint density at radius 3 is 2.14 bits per heavy atom. The summed E-state index contributed by atoms with van der Waals surface area (Å²) >= 11 is 0. The molecule has 0 amide bonds. The molecule has 2 aromatic rings. The van der Waals surface area contributed by atoms with E-state index in [1.165, 1.54) is 107 Å². The summed E-state index contributed by atoms with van der Waals surface area (Å²) in [6, 6.07) is 13.2. The summed E-state index contributed by atoms with van der Waals surface area (Å²) in [7, 11) is 0. The van der Waals surface area contributed by atoms with E-state index in [9.17, 15) is 0 Å². The number of anilines is 4. The van der Waals surface area contributed by atoms with Crippen molar-refractivity contribution in [2.45, 2.75) is 121 Å². The van der Waals surface area contributed by atoms with Crippen LogP contribution in [-0.2, 0) is 5.41 Å². The first-order valence-electron chi connectivity index (χ1n) is 18.3. The molecule has 9 atom stereocenters. The molecule has 4 aliphatic rings. The maximum Gasteiger partial charge on any atom is 0.0550 e. The van der Waals surface area contributed by atoms with Crippen molar-refractivity contribution in [1.29, 1.82) is 0 Å². The third-order valence-electron chi connectivity index (χ3n) is 13.2. The standard InChI is InChI=1S/C40H60N4/c1-3-8-31-25-40(2,33-18-20-37(42)39(44)24-33)32-16-13-26(31)11-12-28-21-27-9-6-4-5-7-10-34(27)29(14-17-32)22-35(28)30-15-19-36(41)38(43)23-30/h13,15-16,18-20,23-24,26-29,31-32,34-35H,3-12,14,17,21-22,25,41-44H2,1-2H3. The third kappa shape index (κ3) is 6.38. The van der Waals surface area contributed by atoms with Gasteiger partial charge in [0.15, 0.2) is 0 Å². The van der Waals surface area contributed by atoms with Crippen molar-refractivity contribution >= 4 is 22.7 Å². The van der Waals surface area contributed by atoms with Crippen LogP contribution in [0.25, 0.3) is 0 Å². The van der Waals surface area contributed by atoms with Gasteiger partial charge in [0.1, 0.15) is 0 Å². The molecular weight excluding hydrogens is 536 g/mol. The summed E-state index contributed by atoms with van der Waals surface area (Å²) in [5.74, 6) is 5.59. The predicted molar refractivity (Wildman–Crippen MR) is 189 cm³/mol. The van der Waals surface area contributed by atoms with Crippen LogP contribution in [0, 0.1) is 41.4 Å². The molecule has 2 saturated carbocycles. The molecule has 8 N–H and O–H groups in total. The van der Waals surface area contributed by atoms with Gasteiger partial charge in [-0.1, -0.05) is 83.1 Å². The third-order valence-corrected chi connectivity index (χ3v) is 13.2. The van der Waals surface area contributed by atoms with Crippen LogP contribution in [0.15, 0.2) is 48.6 Å². The van der Waals surface area contributed by atoms with Crippen LogP contribution in [0.1, 0.15) is 127 Å². The number of nitrogen functional groups attached to an aromatic ring is 4. The van der Waals surface area contributed by atoms with Gasteiger partial charge in [-0.25, -0.2) is 0 Å². The topological polar surface area (TPSA) is 104 Å². The van der Waals surface area contributed by atoms with Crippen molar-refractivity contribution in [3.05, 3.63) is 59.7 Å². The SMILES string of the molecule is CCCC1CC(C)(c2ccc(N)c(N)c2)C2C=CC1CCC1CC3CCCCCCC3C(CC2)CC1c1ccc(N)c(N)c1. The maximum absolute atomic E-state index is 6.47. The number of hydrogen-bond acceptors (Lipinski definition) is 4. The zero-order valence-corrected chi connectivity index (χ0v) is 27.7. The van der Waals surface area contributed by atoms with Crippen molar-refractivity contribution < 1.29 is 0 Å². The van der Waals surface area contributed by atoms with E-state index in [2.05, 4.69) is 62.4 Å². The molecular formula is C40H60N4. The van der Waals surface area contributed by atoms with Gasteiger partial charge in [0.05, 0.1) is 22.7 Å². The number of hydrogen-bond donors (Lipinski definition) is 4. The van der Waals surface area contributed by atoms with Crippen LogP contribution < -0.4 is 22.9 Å². The van der Waals surface area contributed by atoms with E-state index in [0.717, 1.165) is 34.8 Å². The molecule has 0 radical (unpaired) electrons. The fraction of sp³-hybridized carbons (Fsp3) is 0.650. The van der Waals surface area contributed by atoms with Gasteiger partial charge in [-0.3, -0.25) is 0 Å².